The highest BCUT2D eigenvalue weighted by atomic mass is 32.1. The fraction of sp³-hybridized carbons (Fsp3) is 0.474. The van der Waals surface area contributed by atoms with Gasteiger partial charge in [-0.3, -0.25) is 4.79 Å². The van der Waals surface area contributed by atoms with Crippen molar-refractivity contribution >= 4 is 33.5 Å². The summed E-state index contributed by atoms with van der Waals surface area (Å²) < 4.78 is 6.99. The molecule has 1 aromatic carbocycles. The standard InChI is InChI=1S/C19H24N2O2S/c22-18(20-13-6-14-23-15-7-2-1-3-8-15)11-12-19-21-16-9-4-5-10-17(16)24-19/h4-5,9-12,15H,1-3,6-8,13-14H2,(H,20,22)/b12-11+. The predicted octanol–water partition coefficient (Wildman–Crippen LogP) is 4.17. The number of thiazole rings is 1. The number of carbonyl (C=O) groups excluding carboxylic acids is 1. The van der Waals surface area contributed by atoms with Crippen LogP contribution in [0.2, 0.25) is 0 Å². The van der Waals surface area contributed by atoms with Gasteiger partial charge in [0.15, 0.2) is 0 Å². The van der Waals surface area contributed by atoms with Gasteiger partial charge in [0.25, 0.3) is 0 Å². The number of ether oxygens (including phenoxy) is 1. The quantitative estimate of drug-likeness (QED) is 0.606. The van der Waals surface area contributed by atoms with E-state index in [9.17, 15) is 4.79 Å². The Morgan fingerprint density at radius 3 is 2.96 bits per heavy atom. The third kappa shape index (κ3) is 5.14. The fourth-order valence-corrected chi connectivity index (χ4v) is 3.80. The second-order valence-electron chi connectivity index (χ2n) is 6.13. The second kappa shape index (κ2) is 8.94. The maximum absolute atomic E-state index is 11.8. The largest absolute Gasteiger partial charge is 0.378 e. The van der Waals surface area contributed by atoms with E-state index in [0.29, 0.717) is 12.6 Å². The number of nitrogens with one attached hydrogen (secondary N) is 1. The van der Waals surface area contributed by atoms with Crippen molar-refractivity contribution in [3.8, 4) is 0 Å². The summed E-state index contributed by atoms with van der Waals surface area (Å²) in [7, 11) is 0. The van der Waals surface area contributed by atoms with Gasteiger partial charge in [0.05, 0.1) is 16.3 Å². The van der Waals surface area contributed by atoms with Gasteiger partial charge < -0.3 is 10.1 Å². The Hall–Kier alpha value is -1.72. The molecule has 1 saturated carbocycles. The van der Waals surface area contributed by atoms with Gasteiger partial charge in [-0.2, -0.15) is 0 Å². The number of aromatic nitrogens is 1. The molecule has 0 aliphatic heterocycles. The number of para-hydroxylation sites is 1. The van der Waals surface area contributed by atoms with Gasteiger partial charge in [-0.25, -0.2) is 4.98 Å². The van der Waals surface area contributed by atoms with Gasteiger partial charge in [-0.1, -0.05) is 31.4 Å². The van der Waals surface area contributed by atoms with Gasteiger partial charge in [0.1, 0.15) is 5.01 Å². The topological polar surface area (TPSA) is 51.2 Å². The molecule has 0 atom stereocenters. The van der Waals surface area contributed by atoms with Crippen molar-refractivity contribution in [2.75, 3.05) is 13.2 Å². The minimum Gasteiger partial charge on any atom is -0.378 e. The van der Waals surface area contributed by atoms with Crippen LogP contribution in [0.4, 0.5) is 0 Å². The summed E-state index contributed by atoms with van der Waals surface area (Å²) in [5.74, 6) is -0.0769. The smallest absolute Gasteiger partial charge is 0.244 e. The average Bonchev–Trinajstić information content (AvgIpc) is 3.03. The summed E-state index contributed by atoms with van der Waals surface area (Å²) in [5, 5.41) is 3.75. The van der Waals surface area contributed by atoms with E-state index in [-0.39, 0.29) is 5.91 Å². The number of carbonyl (C=O) groups is 1. The minimum absolute atomic E-state index is 0.0769. The Morgan fingerprint density at radius 1 is 1.29 bits per heavy atom. The van der Waals surface area contributed by atoms with Gasteiger partial charge in [-0.05, 0) is 37.5 Å². The van der Waals surface area contributed by atoms with Crippen LogP contribution in [0.5, 0.6) is 0 Å². The van der Waals surface area contributed by atoms with Gasteiger partial charge >= 0.3 is 0 Å². The van der Waals surface area contributed by atoms with E-state index in [4.69, 9.17) is 4.74 Å². The lowest BCUT2D eigenvalue weighted by molar-refractivity contribution is -0.116. The highest BCUT2D eigenvalue weighted by Gasteiger charge is 2.12. The molecule has 128 valence electrons. The third-order valence-corrected chi connectivity index (χ3v) is 5.22. The summed E-state index contributed by atoms with van der Waals surface area (Å²) in [5.41, 5.74) is 0.974. The fourth-order valence-electron chi connectivity index (χ4n) is 2.93. The van der Waals surface area contributed by atoms with Crippen LogP contribution >= 0.6 is 11.3 Å². The van der Waals surface area contributed by atoms with E-state index < -0.39 is 0 Å². The molecule has 1 N–H and O–H groups in total. The zero-order valence-corrected chi connectivity index (χ0v) is 14.7. The number of hydrogen-bond acceptors (Lipinski definition) is 4. The van der Waals surface area contributed by atoms with Crippen LogP contribution in [-0.4, -0.2) is 30.1 Å². The van der Waals surface area contributed by atoms with Crippen LogP contribution < -0.4 is 5.32 Å². The summed E-state index contributed by atoms with van der Waals surface area (Å²) in [6, 6.07) is 7.99. The molecule has 1 heterocycles. The number of nitrogens with zero attached hydrogens (tertiary/aromatic N) is 1. The molecule has 1 amide bonds. The molecule has 1 aromatic heterocycles. The Bertz CT molecular complexity index is 656. The number of hydrogen-bond donors (Lipinski definition) is 1. The Labute approximate surface area is 146 Å². The van der Waals surface area contributed by atoms with Crippen molar-refractivity contribution < 1.29 is 9.53 Å². The lowest BCUT2D eigenvalue weighted by atomic mass is 9.98. The first-order valence-electron chi connectivity index (χ1n) is 8.74. The highest BCUT2D eigenvalue weighted by molar-refractivity contribution is 7.19. The predicted molar refractivity (Wildman–Crippen MR) is 99.1 cm³/mol. The molecule has 3 rings (SSSR count). The van der Waals surface area contributed by atoms with Crippen molar-refractivity contribution in [2.24, 2.45) is 0 Å². The number of rotatable bonds is 7. The van der Waals surface area contributed by atoms with Crippen molar-refractivity contribution in [1.82, 2.24) is 10.3 Å². The van der Waals surface area contributed by atoms with Gasteiger partial charge in [0.2, 0.25) is 5.91 Å². The van der Waals surface area contributed by atoms with E-state index in [0.717, 1.165) is 28.3 Å². The normalized spacial score (nSPS) is 16.0. The summed E-state index contributed by atoms with van der Waals surface area (Å²) >= 11 is 1.59. The molecule has 24 heavy (non-hydrogen) atoms. The maximum atomic E-state index is 11.8. The van der Waals surface area contributed by atoms with Crippen LogP contribution in [0.1, 0.15) is 43.5 Å². The molecule has 1 fully saturated rings. The zero-order chi connectivity index (χ0) is 16.6. The van der Waals surface area contributed by atoms with Crippen LogP contribution in [0.25, 0.3) is 16.3 Å². The minimum atomic E-state index is -0.0769. The average molecular weight is 344 g/mol. The summed E-state index contributed by atoms with van der Waals surface area (Å²) in [4.78, 5) is 16.3. The van der Waals surface area contributed by atoms with Crippen LogP contribution in [-0.2, 0) is 9.53 Å². The van der Waals surface area contributed by atoms with E-state index in [1.165, 1.54) is 32.1 Å². The number of amides is 1. The molecule has 4 nitrogen and oxygen atoms in total. The second-order valence-corrected chi connectivity index (χ2v) is 7.19. The molecule has 0 unspecified atom stereocenters. The maximum Gasteiger partial charge on any atom is 0.244 e. The molecular formula is C19H24N2O2S. The van der Waals surface area contributed by atoms with Crippen LogP contribution in [0.3, 0.4) is 0 Å². The first kappa shape index (κ1) is 17.1. The lowest BCUT2D eigenvalue weighted by Crippen LogP contribution is -2.24. The van der Waals surface area contributed by atoms with Crippen LogP contribution in [0.15, 0.2) is 30.3 Å². The molecule has 2 aromatic rings. The summed E-state index contributed by atoms with van der Waals surface area (Å²) in [6.45, 7) is 1.38. The molecule has 5 heteroatoms. The van der Waals surface area contributed by atoms with Gasteiger partial charge in [-0.15, -0.1) is 11.3 Å². The van der Waals surface area contributed by atoms with Crippen LogP contribution in [0, 0.1) is 0 Å². The molecule has 1 aliphatic rings. The molecule has 0 bridgehead atoms. The van der Waals surface area contributed by atoms with E-state index >= 15 is 0 Å². The SMILES string of the molecule is O=C(/C=C/c1nc2ccccc2s1)NCCCOC1CCCCC1. The highest BCUT2D eigenvalue weighted by Crippen LogP contribution is 2.22. The Kier molecular flexibility index (Phi) is 6.38. The molecule has 1 aliphatic carbocycles. The van der Waals surface area contributed by atoms with Crippen molar-refractivity contribution in [3.05, 3.63) is 35.3 Å². The molecular weight excluding hydrogens is 320 g/mol. The lowest BCUT2D eigenvalue weighted by Gasteiger charge is -2.21. The van der Waals surface area contributed by atoms with Gasteiger partial charge in [0, 0.05) is 19.2 Å². The van der Waals surface area contributed by atoms with E-state index in [2.05, 4.69) is 10.3 Å². The molecule has 0 spiro atoms. The monoisotopic (exact) mass is 344 g/mol. The third-order valence-electron chi connectivity index (χ3n) is 4.21. The van der Waals surface area contributed by atoms with E-state index in [1.807, 2.05) is 24.3 Å². The zero-order valence-electron chi connectivity index (χ0n) is 13.9. The molecule has 0 radical (unpaired) electrons. The Balaban J connectivity index is 1.34. The van der Waals surface area contributed by atoms with Crippen molar-refractivity contribution in [2.45, 2.75) is 44.6 Å². The summed E-state index contributed by atoms with van der Waals surface area (Å²) in [6.07, 6.45) is 10.9. The molecule has 0 saturated heterocycles. The number of benzene rings is 1. The van der Waals surface area contributed by atoms with Crippen molar-refractivity contribution in [1.29, 1.82) is 0 Å². The first-order chi connectivity index (χ1) is 11.8. The van der Waals surface area contributed by atoms with Crippen molar-refractivity contribution in [3.63, 3.8) is 0 Å². The first-order valence-corrected chi connectivity index (χ1v) is 9.56. The van der Waals surface area contributed by atoms with E-state index in [1.54, 1.807) is 23.5 Å². The Morgan fingerprint density at radius 2 is 2.12 bits per heavy atom. The number of fused-ring (bicyclic) bond motifs is 1.